The van der Waals surface area contributed by atoms with E-state index in [0.29, 0.717) is 12.2 Å². The monoisotopic (exact) mass is 416 g/mol. The molecule has 1 aromatic rings. The zero-order chi connectivity index (χ0) is 20.6. The SMILES string of the molecule is CCOP(=O)(C=C[C@@H](Cn1cc(C)c(=O)[nH]c1=O)O[C@@H]1CCCCO1)OCC. The number of rotatable bonds is 10. The molecule has 1 aliphatic rings. The van der Waals surface area contributed by atoms with E-state index in [1.165, 1.54) is 16.6 Å². The van der Waals surface area contributed by atoms with Crippen LogP contribution in [0.1, 0.15) is 38.7 Å². The van der Waals surface area contributed by atoms with Gasteiger partial charge in [0.25, 0.3) is 5.56 Å². The van der Waals surface area contributed by atoms with E-state index in [4.69, 9.17) is 18.5 Å². The summed E-state index contributed by atoms with van der Waals surface area (Å²) in [7, 11) is -3.41. The number of hydrogen-bond donors (Lipinski definition) is 1. The predicted octanol–water partition coefficient (Wildman–Crippen LogP) is 2.54. The Labute approximate surface area is 164 Å². The third kappa shape index (κ3) is 6.83. The minimum Gasteiger partial charge on any atom is -0.353 e. The lowest BCUT2D eigenvalue weighted by Gasteiger charge is -2.27. The van der Waals surface area contributed by atoms with Crippen molar-refractivity contribution in [1.29, 1.82) is 0 Å². The van der Waals surface area contributed by atoms with E-state index >= 15 is 0 Å². The second kappa shape index (κ2) is 10.9. The zero-order valence-electron chi connectivity index (χ0n) is 16.6. The Kier molecular flexibility index (Phi) is 8.85. The van der Waals surface area contributed by atoms with Crippen LogP contribution in [0.3, 0.4) is 0 Å². The van der Waals surface area contributed by atoms with E-state index < -0.39 is 31.2 Å². The third-order valence-electron chi connectivity index (χ3n) is 4.13. The van der Waals surface area contributed by atoms with Crippen molar-refractivity contribution in [2.75, 3.05) is 19.8 Å². The molecule has 1 N–H and O–H groups in total. The highest BCUT2D eigenvalue weighted by Crippen LogP contribution is 2.49. The van der Waals surface area contributed by atoms with Gasteiger partial charge >= 0.3 is 13.3 Å². The Morgan fingerprint density at radius 2 is 2.04 bits per heavy atom. The van der Waals surface area contributed by atoms with Crippen molar-refractivity contribution in [2.45, 2.75) is 59.0 Å². The van der Waals surface area contributed by atoms with Gasteiger partial charge in [-0.2, -0.15) is 0 Å². The number of nitrogens with one attached hydrogen (secondary N) is 1. The number of aryl methyl sites for hydroxylation is 1. The Hall–Kier alpha value is -1.51. The van der Waals surface area contributed by atoms with Gasteiger partial charge in [0, 0.05) is 24.2 Å². The Morgan fingerprint density at radius 1 is 1.32 bits per heavy atom. The number of ether oxygens (including phenoxy) is 2. The molecule has 0 spiro atoms. The van der Waals surface area contributed by atoms with Crippen LogP contribution in [0.2, 0.25) is 0 Å². The molecule has 0 aliphatic carbocycles. The van der Waals surface area contributed by atoms with Crippen molar-refractivity contribution < 1.29 is 23.1 Å². The molecule has 2 heterocycles. The quantitative estimate of drug-likeness (QED) is 0.584. The van der Waals surface area contributed by atoms with E-state index in [-0.39, 0.29) is 19.8 Å². The van der Waals surface area contributed by atoms with E-state index in [0.717, 1.165) is 19.3 Å². The predicted molar refractivity (Wildman–Crippen MR) is 105 cm³/mol. The molecule has 1 saturated heterocycles. The molecule has 0 unspecified atom stereocenters. The molecule has 28 heavy (non-hydrogen) atoms. The zero-order valence-corrected chi connectivity index (χ0v) is 17.5. The summed E-state index contributed by atoms with van der Waals surface area (Å²) in [5.41, 5.74) is -0.562. The minimum atomic E-state index is -3.41. The van der Waals surface area contributed by atoms with Gasteiger partial charge in [-0.1, -0.05) is 0 Å². The molecular weight excluding hydrogens is 387 g/mol. The van der Waals surface area contributed by atoms with Gasteiger partial charge in [-0.25, -0.2) is 4.79 Å². The Balaban J connectivity index is 2.24. The van der Waals surface area contributed by atoms with E-state index in [1.807, 2.05) is 0 Å². The van der Waals surface area contributed by atoms with Crippen LogP contribution in [-0.4, -0.2) is 41.8 Å². The average molecular weight is 416 g/mol. The number of nitrogens with zero attached hydrogens (tertiary/aromatic N) is 1. The smallest absolute Gasteiger partial charge is 0.353 e. The van der Waals surface area contributed by atoms with Gasteiger partial charge in [-0.05, 0) is 46.1 Å². The van der Waals surface area contributed by atoms with Crippen LogP contribution in [-0.2, 0) is 29.6 Å². The summed E-state index contributed by atoms with van der Waals surface area (Å²) in [6.45, 7) is 6.26. The topological polar surface area (TPSA) is 109 Å². The molecule has 0 radical (unpaired) electrons. The first-order chi connectivity index (χ1) is 13.4. The van der Waals surface area contributed by atoms with Crippen LogP contribution in [0.15, 0.2) is 27.7 Å². The molecule has 158 valence electrons. The van der Waals surface area contributed by atoms with E-state index in [9.17, 15) is 14.2 Å². The Bertz CT molecular complexity index is 801. The summed E-state index contributed by atoms with van der Waals surface area (Å²) < 4.78 is 36.2. The van der Waals surface area contributed by atoms with Crippen LogP contribution in [0.5, 0.6) is 0 Å². The van der Waals surface area contributed by atoms with Gasteiger partial charge in [0.2, 0.25) is 0 Å². The van der Waals surface area contributed by atoms with E-state index in [1.54, 1.807) is 26.8 Å². The first-order valence-corrected chi connectivity index (χ1v) is 11.1. The maximum atomic E-state index is 12.7. The van der Waals surface area contributed by atoms with Gasteiger partial charge in [0.05, 0.1) is 25.9 Å². The number of aromatic amines is 1. The average Bonchev–Trinajstić information content (AvgIpc) is 2.65. The summed E-state index contributed by atoms with van der Waals surface area (Å²) in [6.07, 6.45) is 4.69. The molecular formula is C18H29N2O7P. The lowest BCUT2D eigenvalue weighted by Crippen LogP contribution is -2.36. The number of hydrogen-bond acceptors (Lipinski definition) is 7. The first kappa shape index (κ1) is 22.8. The summed E-state index contributed by atoms with van der Waals surface area (Å²) in [4.78, 5) is 26.0. The first-order valence-electron chi connectivity index (χ1n) is 9.52. The molecule has 0 saturated carbocycles. The molecule has 0 aromatic carbocycles. The van der Waals surface area contributed by atoms with Gasteiger partial charge in [-0.3, -0.25) is 18.9 Å². The van der Waals surface area contributed by atoms with Crippen LogP contribution in [0, 0.1) is 6.92 Å². The lowest BCUT2D eigenvalue weighted by atomic mass is 10.2. The third-order valence-corrected chi connectivity index (χ3v) is 5.90. The normalized spacial score (nSPS) is 19.2. The lowest BCUT2D eigenvalue weighted by molar-refractivity contribution is -0.180. The van der Waals surface area contributed by atoms with Crippen molar-refractivity contribution in [2.24, 2.45) is 0 Å². The van der Waals surface area contributed by atoms with Crippen molar-refractivity contribution in [1.82, 2.24) is 9.55 Å². The molecule has 0 bridgehead atoms. The molecule has 10 heteroatoms. The summed E-state index contributed by atoms with van der Waals surface area (Å²) >= 11 is 0. The fourth-order valence-corrected chi connectivity index (χ4v) is 4.16. The highest BCUT2D eigenvalue weighted by molar-refractivity contribution is 7.57. The van der Waals surface area contributed by atoms with Gasteiger partial charge in [0.1, 0.15) is 0 Å². The largest absolute Gasteiger partial charge is 0.353 e. The summed E-state index contributed by atoms with van der Waals surface area (Å²) in [5, 5.41) is 0. The second-order valence-electron chi connectivity index (χ2n) is 6.41. The van der Waals surface area contributed by atoms with Gasteiger partial charge in [0.15, 0.2) is 6.29 Å². The maximum Gasteiger partial charge on any atom is 0.353 e. The maximum absolute atomic E-state index is 12.7. The number of aromatic nitrogens is 2. The molecule has 2 rings (SSSR count). The molecule has 0 amide bonds. The van der Waals surface area contributed by atoms with Gasteiger partial charge in [-0.15, -0.1) is 0 Å². The molecule has 9 nitrogen and oxygen atoms in total. The van der Waals surface area contributed by atoms with Gasteiger partial charge < -0.3 is 18.5 Å². The Morgan fingerprint density at radius 3 is 2.64 bits per heavy atom. The van der Waals surface area contributed by atoms with Crippen molar-refractivity contribution in [3.8, 4) is 0 Å². The summed E-state index contributed by atoms with van der Waals surface area (Å²) in [6, 6.07) is 0. The van der Waals surface area contributed by atoms with Crippen LogP contribution in [0.4, 0.5) is 0 Å². The molecule has 1 aliphatic heterocycles. The van der Waals surface area contributed by atoms with Crippen molar-refractivity contribution in [3.05, 3.63) is 44.5 Å². The highest BCUT2D eigenvalue weighted by atomic mass is 31.2. The molecule has 2 atom stereocenters. The molecule has 1 aromatic heterocycles. The van der Waals surface area contributed by atoms with Crippen LogP contribution >= 0.6 is 7.60 Å². The fourth-order valence-electron chi connectivity index (χ4n) is 2.80. The van der Waals surface area contributed by atoms with Crippen LogP contribution < -0.4 is 11.2 Å². The fraction of sp³-hybridized carbons (Fsp3) is 0.667. The van der Waals surface area contributed by atoms with E-state index in [2.05, 4.69) is 4.98 Å². The van der Waals surface area contributed by atoms with Crippen molar-refractivity contribution >= 4 is 7.60 Å². The molecule has 1 fully saturated rings. The summed E-state index contributed by atoms with van der Waals surface area (Å²) in [5.74, 6) is 1.36. The van der Waals surface area contributed by atoms with Crippen LogP contribution in [0.25, 0.3) is 0 Å². The number of H-pyrrole nitrogens is 1. The standard InChI is InChI=1S/C18H29N2O7P/c1-4-25-28(23,26-5-2)11-9-15(27-16-8-6-7-10-24-16)13-20-12-14(3)17(21)19-18(20)22/h9,11-12,15-16H,4-8,10,13H2,1-3H3,(H,19,21,22)/t15-,16+/m0/s1. The second-order valence-corrected chi connectivity index (χ2v) is 8.31. The minimum absolute atomic E-state index is 0.116. The van der Waals surface area contributed by atoms with Crippen molar-refractivity contribution in [3.63, 3.8) is 0 Å². The highest BCUT2D eigenvalue weighted by Gasteiger charge is 2.23.